The molecule has 1 aromatic rings. The molecule has 142 valence electrons. The molecule has 5 heteroatoms. The van der Waals surface area contributed by atoms with E-state index in [0.717, 1.165) is 6.54 Å². The molecule has 3 aliphatic rings. The van der Waals surface area contributed by atoms with Crippen LogP contribution in [0.3, 0.4) is 0 Å². The number of carbonyl (C=O) groups is 1. The summed E-state index contributed by atoms with van der Waals surface area (Å²) >= 11 is 0. The van der Waals surface area contributed by atoms with E-state index in [-0.39, 0.29) is 18.1 Å². The molecule has 1 unspecified atom stereocenters. The van der Waals surface area contributed by atoms with Gasteiger partial charge in [0.25, 0.3) is 5.91 Å². The summed E-state index contributed by atoms with van der Waals surface area (Å²) in [5, 5.41) is 3.21. The predicted octanol–water partition coefficient (Wildman–Crippen LogP) is 3.13. The van der Waals surface area contributed by atoms with Crippen molar-refractivity contribution in [2.45, 2.75) is 63.0 Å². The van der Waals surface area contributed by atoms with Crippen molar-refractivity contribution in [3.8, 4) is 11.5 Å². The number of carbonyl (C=O) groups excluding carboxylic acids is 1. The summed E-state index contributed by atoms with van der Waals surface area (Å²) in [6.07, 6.45) is 9.58. The van der Waals surface area contributed by atoms with E-state index in [9.17, 15) is 4.79 Å². The normalized spacial score (nSPS) is 25.5. The van der Waals surface area contributed by atoms with Gasteiger partial charge in [-0.3, -0.25) is 9.69 Å². The molecule has 1 N–H and O–H groups in total. The zero-order valence-corrected chi connectivity index (χ0v) is 15.5. The van der Waals surface area contributed by atoms with Crippen LogP contribution >= 0.6 is 0 Å². The Morgan fingerprint density at radius 3 is 2.50 bits per heavy atom. The highest BCUT2D eigenvalue weighted by atomic mass is 16.6. The second-order valence-electron chi connectivity index (χ2n) is 7.91. The third-order valence-electron chi connectivity index (χ3n) is 6.20. The molecular formula is C21H30N2O3. The molecule has 0 radical (unpaired) electrons. The number of benzene rings is 1. The van der Waals surface area contributed by atoms with E-state index in [4.69, 9.17) is 9.47 Å². The standard InChI is InChI=1S/C21H30N2O3/c24-20(19-15-25-17-9-3-4-10-18(17)26-19)22-16-21(11-5-1-6-12-21)23-13-7-2-8-14-23/h3-4,9-10,19H,1-2,5-8,11-16H2,(H,22,24). The van der Waals surface area contributed by atoms with Crippen LogP contribution in [0.4, 0.5) is 0 Å². The van der Waals surface area contributed by atoms with Crippen LogP contribution in [-0.4, -0.2) is 48.7 Å². The highest BCUT2D eigenvalue weighted by Gasteiger charge is 2.39. The molecule has 2 aliphatic heterocycles. The summed E-state index contributed by atoms with van der Waals surface area (Å²) in [6, 6.07) is 7.53. The van der Waals surface area contributed by atoms with Crippen LogP contribution in [0.1, 0.15) is 51.4 Å². The van der Waals surface area contributed by atoms with E-state index >= 15 is 0 Å². The number of hydrogen-bond acceptors (Lipinski definition) is 4. The van der Waals surface area contributed by atoms with E-state index in [1.807, 2.05) is 24.3 Å². The Morgan fingerprint density at radius 2 is 1.73 bits per heavy atom. The lowest BCUT2D eigenvalue weighted by molar-refractivity contribution is -0.131. The Hall–Kier alpha value is -1.75. The summed E-state index contributed by atoms with van der Waals surface area (Å²) in [4.78, 5) is 15.4. The van der Waals surface area contributed by atoms with Crippen LogP contribution in [0.5, 0.6) is 11.5 Å². The minimum Gasteiger partial charge on any atom is -0.485 e. The number of amides is 1. The van der Waals surface area contributed by atoms with Crippen molar-refractivity contribution in [3.05, 3.63) is 24.3 Å². The highest BCUT2D eigenvalue weighted by molar-refractivity contribution is 5.81. The Bertz CT molecular complexity index is 621. The second-order valence-corrected chi connectivity index (χ2v) is 7.91. The molecule has 4 rings (SSSR count). The highest BCUT2D eigenvalue weighted by Crippen LogP contribution is 2.35. The first kappa shape index (κ1) is 17.7. The molecule has 26 heavy (non-hydrogen) atoms. The number of para-hydroxylation sites is 2. The van der Waals surface area contributed by atoms with Gasteiger partial charge < -0.3 is 14.8 Å². The molecule has 1 aromatic carbocycles. The van der Waals surface area contributed by atoms with Crippen LogP contribution in [0.2, 0.25) is 0 Å². The van der Waals surface area contributed by atoms with E-state index in [1.54, 1.807) is 0 Å². The number of rotatable bonds is 4. The number of nitrogens with one attached hydrogen (secondary N) is 1. The maximum absolute atomic E-state index is 12.7. The third-order valence-corrected chi connectivity index (χ3v) is 6.20. The third kappa shape index (κ3) is 3.68. The van der Waals surface area contributed by atoms with E-state index in [1.165, 1.54) is 64.5 Å². The van der Waals surface area contributed by atoms with Gasteiger partial charge in [-0.15, -0.1) is 0 Å². The fourth-order valence-corrected chi connectivity index (χ4v) is 4.70. The molecule has 1 atom stereocenters. The van der Waals surface area contributed by atoms with Crippen LogP contribution in [0.25, 0.3) is 0 Å². The summed E-state index contributed by atoms with van der Waals surface area (Å²) in [5.74, 6) is 1.32. The predicted molar refractivity (Wildman–Crippen MR) is 101 cm³/mol. The molecule has 0 bridgehead atoms. The lowest BCUT2D eigenvalue weighted by Crippen LogP contribution is -2.59. The lowest BCUT2D eigenvalue weighted by atomic mass is 9.79. The van der Waals surface area contributed by atoms with Crippen molar-refractivity contribution in [1.82, 2.24) is 10.2 Å². The fraction of sp³-hybridized carbons (Fsp3) is 0.667. The molecule has 1 aliphatic carbocycles. The van der Waals surface area contributed by atoms with Gasteiger partial charge in [-0.05, 0) is 50.9 Å². The zero-order valence-electron chi connectivity index (χ0n) is 15.5. The van der Waals surface area contributed by atoms with Crippen LogP contribution in [0, 0.1) is 0 Å². The first-order valence-corrected chi connectivity index (χ1v) is 10.2. The maximum Gasteiger partial charge on any atom is 0.264 e. The first-order valence-electron chi connectivity index (χ1n) is 10.2. The van der Waals surface area contributed by atoms with Gasteiger partial charge in [0.05, 0.1) is 0 Å². The number of hydrogen-bond donors (Lipinski definition) is 1. The first-order chi connectivity index (χ1) is 12.8. The average molecular weight is 358 g/mol. The number of ether oxygens (including phenoxy) is 2. The summed E-state index contributed by atoms with van der Waals surface area (Å²) < 4.78 is 11.6. The SMILES string of the molecule is O=C(NCC1(N2CCCCC2)CCCCC1)C1COc2ccccc2O1. The minimum atomic E-state index is -0.563. The Morgan fingerprint density at radius 1 is 1.04 bits per heavy atom. The zero-order chi connectivity index (χ0) is 17.8. The van der Waals surface area contributed by atoms with Crippen molar-refractivity contribution >= 4 is 5.91 Å². The summed E-state index contributed by atoms with van der Waals surface area (Å²) in [5.41, 5.74) is 0.141. The smallest absolute Gasteiger partial charge is 0.264 e. The summed E-state index contributed by atoms with van der Waals surface area (Å²) in [6.45, 7) is 3.35. The van der Waals surface area contributed by atoms with Crippen molar-refractivity contribution in [2.75, 3.05) is 26.2 Å². The Balaban J connectivity index is 1.39. The van der Waals surface area contributed by atoms with Gasteiger partial charge in [0.15, 0.2) is 11.5 Å². The van der Waals surface area contributed by atoms with Gasteiger partial charge in [0.2, 0.25) is 6.10 Å². The van der Waals surface area contributed by atoms with Gasteiger partial charge >= 0.3 is 0 Å². The van der Waals surface area contributed by atoms with Crippen molar-refractivity contribution in [2.24, 2.45) is 0 Å². The monoisotopic (exact) mass is 358 g/mol. The summed E-state index contributed by atoms with van der Waals surface area (Å²) in [7, 11) is 0. The van der Waals surface area contributed by atoms with Crippen LogP contribution in [0.15, 0.2) is 24.3 Å². The minimum absolute atomic E-state index is 0.0542. The Kier molecular flexibility index (Phi) is 5.34. The fourth-order valence-electron chi connectivity index (χ4n) is 4.70. The van der Waals surface area contributed by atoms with Crippen LogP contribution in [-0.2, 0) is 4.79 Å². The van der Waals surface area contributed by atoms with E-state index < -0.39 is 6.10 Å². The molecule has 1 saturated heterocycles. The van der Waals surface area contributed by atoms with Gasteiger partial charge in [-0.25, -0.2) is 0 Å². The molecule has 1 saturated carbocycles. The molecular weight excluding hydrogens is 328 g/mol. The average Bonchev–Trinajstić information content (AvgIpc) is 2.73. The molecule has 1 amide bonds. The number of nitrogens with zero attached hydrogens (tertiary/aromatic N) is 1. The quantitative estimate of drug-likeness (QED) is 0.898. The topological polar surface area (TPSA) is 50.8 Å². The number of likely N-dealkylation sites (tertiary alicyclic amines) is 1. The van der Waals surface area contributed by atoms with Crippen molar-refractivity contribution < 1.29 is 14.3 Å². The van der Waals surface area contributed by atoms with E-state index in [2.05, 4.69) is 10.2 Å². The van der Waals surface area contributed by atoms with Gasteiger partial charge in [-0.1, -0.05) is 37.8 Å². The van der Waals surface area contributed by atoms with Crippen LogP contribution < -0.4 is 14.8 Å². The lowest BCUT2D eigenvalue weighted by Gasteiger charge is -2.48. The molecule has 0 spiro atoms. The number of fused-ring (bicyclic) bond motifs is 1. The maximum atomic E-state index is 12.7. The second kappa shape index (κ2) is 7.87. The molecule has 2 fully saturated rings. The van der Waals surface area contributed by atoms with Gasteiger partial charge in [-0.2, -0.15) is 0 Å². The number of piperidine rings is 1. The molecule has 5 nitrogen and oxygen atoms in total. The van der Waals surface area contributed by atoms with Crippen molar-refractivity contribution in [3.63, 3.8) is 0 Å². The van der Waals surface area contributed by atoms with Gasteiger partial charge in [0.1, 0.15) is 6.61 Å². The Labute approximate surface area is 156 Å². The van der Waals surface area contributed by atoms with E-state index in [0.29, 0.717) is 11.5 Å². The van der Waals surface area contributed by atoms with Crippen molar-refractivity contribution in [1.29, 1.82) is 0 Å². The molecule has 0 aromatic heterocycles. The molecule has 2 heterocycles. The van der Waals surface area contributed by atoms with Gasteiger partial charge in [0, 0.05) is 12.1 Å². The largest absolute Gasteiger partial charge is 0.485 e.